The van der Waals surface area contributed by atoms with Gasteiger partial charge in [0.2, 0.25) is 0 Å². The Morgan fingerprint density at radius 1 is 1.45 bits per heavy atom. The van der Waals surface area contributed by atoms with E-state index in [2.05, 4.69) is 35.6 Å². The summed E-state index contributed by atoms with van der Waals surface area (Å²) in [6.45, 7) is 5.17. The lowest BCUT2D eigenvalue weighted by atomic mass is 9.91. The van der Waals surface area contributed by atoms with E-state index in [1.54, 1.807) is 29.7 Å². The van der Waals surface area contributed by atoms with E-state index < -0.39 is 0 Å². The normalized spacial score (nSPS) is 11.3. The number of carbonyl (C=O) groups excluding carboxylic acids is 1. The molecule has 0 saturated heterocycles. The summed E-state index contributed by atoms with van der Waals surface area (Å²) in [6, 6.07) is 7.55. The molecule has 2 aromatic heterocycles. The van der Waals surface area contributed by atoms with Gasteiger partial charge in [0.05, 0.1) is 5.69 Å². The van der Waals surface area contributed by atoms with Crippen LogP contribution in [0.2, 0.25) is 0 Å². The summed E-state index contributed by atoms with van der Waals surface area (Å²) in [5.74, 6) is -0.0910. The van der Waals surface area contributed by atoms with Gasteiger partial charge in [-0.3, -0.25) is 9.78 Å². The Labute approximate surface area is 123 Å². The van der Waals surface area contributed by atoms with Crippen LogP contribution in [0.15, 0.2) is 35.8 Å². The van der Waals surface area contributed by atoms with Crippen molar-refractivity contribution in [3.05, 3.63) is 52.0 Å². The number of nitrogens with one attached hydrogen (secondary N) is 1. The fourth-order valence-corrected chi connectivity index (χ4v) is 2.74. The van der Waals surface area contributed by atoms with Crippen LogP contribution < -0.4 is 11.1 Å². The Hall–Kier alpha value is -1.72. The first-order valence-electron chi connectivity index (χ1n) is 6.50. The van der Waals surface area contributed by atoms with Crippen molar-refractivity contribution >= 4 is 17.2 Å². The van der Waals surface area contributed by atoms with Crippen molar-refractivity contribution in [3.63, 3.8) is 0 Å². The zero-order valence-corrected chi connectivity index (χ0v) is 12.5. The maximum Gasteiger partial charge on any atom is 0.251 e. The Balaban J connectivity index is 2.01. The number of amides is 1. The lowest BCUT2D eigenvalue weighted by Crippen LogP contribution is -2.36. The number of hydrogen-bond donors (Lipinski definition) is 2. The summed E-state index contributed by atoms with van der Waals surface area (Å²) in [7, 11) is 0. The van der Waals surface area contributed by atoms with Crippen LogP contribution in [0, 0.1) is 0 Å². The molecule has 2 aromatic rings. The molecule has 0 fully saturated rings. The predicted octanol–water partition coefficient (Wildman–Crippen LogP) is 2.31. The molecule has 0 atom stereocenters. The van der Waals surface area contributed by atoms with Gasteiger partial charge in [-0.1, -0.05) is 19.9 Å². The summed E-state index contributed by atoms with van der Waals surface area (Å²) in [6.07, 6.45) is 1.61. The molecule has 3 N–H and O–H groups in total. The molecule has 4 nitrogen and oxygen atoms in total. The molecule has 0 aliphatic carbocycles. The molecule has 1 amide bonds. The van der Waals surface area contributed by atoms with E-state index in [9.17, 15) is 4.79 Å². The average molecular weight is 289 g/mol. The second-order valence-corrected chi connectivity index (χ2v) is 6.23. The monoisotopic (exact) mass is 289 g/mol. The number of aromatic nitrogens is 1. The van der Waals surface area contributed by atoms with Crippen molar-refractivity contribution < 1.29 is 4.79 Å². The largest absolute Gasteiger partial charge is 0.351 e. The molecule has 0 radical (unpaired) electrons. The van der Waals surface area contributed by atoms with Crippen molar-refractivity contribution in [1.29, 1.82) is 0 Å². The number of rotatable bonds is 5. The van der Waals surface area contributed by atoms with Crippen LogP contribution >= 0.6 is 11.3 Å². The molecule has 2 heterocycles. The minimum atomic E-state index is -0.0910. The number of thiophene rings is 1. The van der Waals surface area contributed by atoms with E-state index >= 15 is 0 Å². The molecule has 0 unspecified atom stereocenters. The Bertz CT molecular complexity index is 579. The molecule has 106 valence electrons. The van der Waals surface area contributed by atoms with Crippen LogP contribution in [0.4, 0.5) is 0 Å². The van der Waals surface area contributed by atoms with E-state index in [1.807, 2.05) is 6.07 Å². The third kappa shape index (κ3) is 3.43. The number of nitrogens with two attached hydrogens (primary N) is 1. The van der Waals surface area contributed by atoms with Gasteiger partial charge in [0.25, 0.3) is 5.91 Å². The number of nitrogens with zero attached hydrogens (tertiary/aromatic N) is 1. The molecule has 0 aliphatic rings. The van der Waals surface area contributed by atoms with E-state index in [-0.39, 0.29) is 11.3 Å². The van der Waals surface area contributed by atoms with Crippen LogP contribution in [0.25, 0.3) is 0 Å². The van der Waals surface area contributed by atoms with Crippen LogP contribution in [-0.2, 0) is 12.0 Å². The zero-order chi connectivity index (χ0) is 14.6. The summed E-state index contributed by atoms with van der Waals surface area (Å²) in [4.78, 5) is 17.5. The second kappa shape index (κ2) is 6.15. The number of pyridine rings is 1. The molecule has 0 aliphatic heterocycles. The first kappa shape index (κ1) is 14.7. The highest BCUT2D eigenvalue weighted by molar-refractivity contribution is 7.10. The lowest BCUT2D eigenvalue weighted by molar-refractivity contribution is 0.0945. The van der Waals surface area contributed by atoms with Crippen LogP contribution in [0.5, 0.6) is 0 Å². The minimum Gasteiger partial charge on any atom is -0.351 e. The van der Waals surface area contributed by atoms with Crippen molar-refractivity contribution in [3.8, 4) is 0 Å². The first-order valence-corrected chi connectivity index (χ1v) is 7.38. The van der Waals surface area contributed by atoms with Crippen LogP contribution in [0.1, 0.15) is 34.8 Å². The highest BCUT2D eigenvalue weighted by Gasteiger charge is 2.22. The molecular formula is C15H19N3OS. The molecule has 2 rings (SSSR count). The quantitative estimate of drug-likeness (QED) is 0.887. The van der Waals surface area contributed by atoms with Crippen molar-refractivity contribution in [2.75, 3.05) is 6.54 Å². The van der Waals surface area contributed by atoms with Gasteiger partial charge in [0.15, 0.2) is 0 Å². The smallest absolute Gasteiger partial charge is 0.251 e. The highest BCUT2D eigenvalue weighted by atomic mass is 32.1. The van der Waals surface area contributed by atoms with Gasteiger partial charge in [-0.05, 0) is 23.6 Å². The Kier molecular flexibility index (Phi) is 4.52. The van der Waals surface area contributed by atoms with Gasteiger partial charge in [-0.15, -0.1) is 11.3 Å². The molecular weight excluding hydrogens is 270 g/mol. The molecule has 0 saturated carbocycles. The van der Waals surface area contributed by atoms with E-state index in [0.29, 0.717) is 18.7 Å². The molecule has 5 heteroatoms. The summed E-state index contributed by atoms with van der Waals surface area (Å²) >= 11 is 1.71. The maximum atomic E-state index is 12.2. The third-order valence-electron chi connectivity index (χ3n) is 3.17. The Morgan fingerprint density at radius 2 is 2.25 bits per heavy atom. The number of hydrogen-bond acceptors (Lipinski definition) is 4. The van der Waals surface area contributed by atoms with Gasteiger partial charge < -0.3 is 11.1 Å². The van der Waals surface area contributed by atoms with Gasteiger partial charge in [-0.25, -0.2) is 0 Å². The SMILES string of the molecule is CC(C)(CNC(=O)c1ccnc(CN)c1)c1cccs1. The van der Waals surface area contributed by atoms with E-state index in [0.717, 1.165) is 5.69 Å². The first-order chi connectivity index (χ1) is 9.53. The van der Waals surface area contributed by atoms with Crippen LogP contribution in [0.3, 0.4) is 0 Å². The van der Waals surface area contributed by atoms with Gasteiger partial charge >= 0.3 is 0 Å². The highest BCUT2D eigenvalue weighted by Crippen LogP contribution is 2.26. The van der Waals surface area contributed by atoms with Gasteiger partial charge in [-0.2, -0.15) is 0 Å². The lowest BCUT2D eigenvalue weighted by Gasteiger charge is -2.23. The topological polar surface area (TPSA) is 68.0 Å². The van der Waals surface area contributed by atoms with E-state index in [1.165, 1.54) is 4.88 Å². The maximum absolute atomic E-state index is 12.2. The van der Waals surface area contributed by atoms with Crippen molar-refractivity contribution in [2.45, 2.75) is 25.8 Å². The van der Waals surface area contributed by atoms with E-state index in [4.69, 9.17) is 5.73 Å². The summed E-state index contributed by atoms with van der Waals surface area (Å²) < 4.78 is 0. The molecule has 20 heavy (non-hydrogen) atoms. The third-order valence-corrected chi connectivity index (χ3v) is 4.40. The van der Waals surface area contributed by atoms with Gasteiger partial charge in [0.1, 0.15) is 0 Å². The zero-order valence-electron chi connectivity index (χ0n) is 11.7. The Morgan fingerprint density at radius 3 is 2.90 bits per heavy atom. The predicted molar refractivity (Wildman–Crippen MR) is 81.8 cm³/mol. The standard InChI is InChI=1S/C15H19N3OS/c1-15(2,13-4-3-7-20-13)10-18-14(19)11-5-6-17-12(8-11)9-16/h3-8H,9-10,16H2,1-2H3,(H,18,19). The molecule has 0 bridgehead atoms. The van der Waals surface area contributed by atoms with Crippen molar-refractivity contribution in [2.24, 2.45) is 5.73 Å². The second-order valence-electron chi connectivity index (χ2n) is 5.28. The molecule has 0 aromatic carbocycles. The molecule has 0 spiro atoms. The summed E-state index contributed by atoms with van der Waals surface area (Å²) in [5.41, 5.74) is 6.77. The van der Waals surface area contributed by atoms with Crippen LogP contribution in [-0.4, -0.2) is 17.4 Å². The number of carbonyl (C=O) groups is 1. The fourth-order valence-electron chi connectivity index (χ4n) is 1.89. The summed E-state index contributed by atoms with van der Waals surface area (Å²) in [5, 5.41) is 5.03. The van der Waals surface area contributed by atoms with Crippen molar-refractivity contribution in [1.82, 2.24) is 10.3 Å². The minimum absolute atomic E-state index is 0.0758. The van der Waals surface area contributed by atoms with Gasteiger partial charge in [0, 0.05) is 35.1 Å². The fraction of sp³-hybridized carbons (Fsp3) is 0.333. The average Bonchev–Trinajstić information content (AvgIpc) is 3.00.